The summed E-state index contributed by atoms with van der Waals surface area (Å²) in [5, 5.41) is 8.63. The van der Waals surface area contributed by atoms with Crippen molar-refractivity contribution in [2.45, 2.75) is 4.90 Å². The van der Waals surface area contributed by atoms with Crippen molar-refractivity contribution >= 4 is 10.2 Å². The zero-order chi connectivity index (χ0) is 9.90. The van der Waals surface area contributed by atoms with Gasteiger partial charge in [-0.25, -0.2) is 4.21 Å². The number of rotatable bonds is 3. The van der Waals surface area contributed by atoms with Crippen LogP contribution in [0.3, 0.4) is 0 Å². The summed E-state index contributed by atoms with van der Waals surface area (Å²) in [6.07, 6.45) is 0. The fraction of sp³-hybridized carbons (Fsp3) is 0.250. The topological polar surface area (TPSA) is 66.8 Å². The molecule has 0 spiro atoms. The Balaban J connectivity index is 2.99. The number of methoxy groups -OCH3 is 1. The predicted octanol–water partition coefficient (Wildman–Crippen LogP) is 0.494. The van der Waals surface area contributed by atoms with Gasteiger partial charge < -0.3 is 9.84 Å². The smallest absolute Gasteiger partial charge is 0.130 e. The van der Waals surface area contributed by atoms with Gasteiger partial charge >= 0.3 is 0 Å². The van der Waals surface area contributed by atoms with Gasteiger partial charge in [0.1, 0.15) is 11.7 Å². The first-order chi connectivity index (χ1) is 6.10. The second-order valence-corrected chi connectivity index (χ2v) is 4.74. The van der Waals surface area contributed by atoms with E-state index in [2.05, 4.69) is 0 Å². The summed E-state index contributed by atoms with van der Waals surface area (Å²) in [5.41, 5.74) is 0. The van der Waals surface area contributed by atoms with Crippen LogP contribution in [0.25, 0.3) is 0 Å². The molecule has 1 aromatic rings. The first-order valence-corrected chi connectivity index (χ1v) is 5.52. The number of hydrogen-bond donors (Lipinski definition) is 3. The molecule has 1 aromatic carbocycles. The number of benzene rings is 1. The third-order valence-corrected chi connectivity index (χ3v) is 3.16. The molecule has 0 aromatic heterocycles. The molecule has 2 N–H and O–H groups in total. The maximum absolute atomic E-state index is 11.2. The first kappa shape index (κ1) is 10.2. The molecule has 0 bridgehead atoms. The van der Waals surface area contributed by atoms with Gasteiger partial charge in [0.15, 0.2) is 0 Å². The van der Waals surface area contributed by atoms with Gasteiger partial charge in [0.2, 0.25) is 0 Å². The van der Waals surface area contributed by atoms with E-state index >= 15 is 0 Å². The molecule has 0 aliphatic heterocycles. The maximum Gasteiger partial charge on any atom is 0.130 e. The van der Waals surface area contributed by atoms with Crippen LogP contribution in [0.1, 0.15) is 0 Å². The van der Waals surface area contributed by atoms with Crippen LogP contribution in [0.2, 0.25) is 0 Å². The molecule has 0 unspecified atom stereocenters. The van der Waals surface area contributed by atoms with Gasteiger partial charge in [0, 0.05) is 0 Å². The molecule has 1 rings (SSSR count). The van der Waals surface area contributed by atoms with E-state index < -0.39 is 16.2 Å². The number of hydrogen-bond acceptors (Lipinski definition) is 3. The normalized spacial score (nSPS) is 12.5. The summed E-state index contributed by atoms with van der Waals surface area (Å²) < 4.78 is 25.4. The van der Waals surface area contributed by atoms with E-state index in [0.717, 1.165) is 0 Å². The lowest BCUT2D eigenvalue weighted by atomic mass is 10.3. The molecule has 0 heterocycles. The Labute approximate surface area is 77.4 Å². The molecular weight excluding hydrogens is 192 g/mol. The molecule has 74 valence electrons. The third-order valence-electron chi connectivity index (χ3n) is 1.67. The lowest BCUT2D eigenvalue weighted by Gasteiger charge is -2.19. The molecule has 0 aliphatic rings. The number of aliphatic hydroxyl groups is 1. The summed E-state index contributed by atoms with van der Waals surface area (Å²) in [7, 11) is -2.04. The van der Waals surface area contributed by atoms with Crippen molar-refractivity contribution in [3.8, 4) is 5.75 Å². The molecule has 13 heavy (non-hydrogen) atoms. The molecule has 0 radical (unpaired) electrons. The predicted molar refractivity (Wildman–Crippen MR) is 50.5 cm³/mol. The molecule has 0 saturated carbocycles. The van der Waals surface area contributed by atoms with Crippen molar-refractivity contribution in [1.29, 1.82) is 0 Å². The van der Waals surface area contributed by atoms with Crippen LogP contribution in [0, 0.1) is 0 Å². The van der Waals surface area contributed by atoms with Crippen LogP contribution in [0.4, 0.5) is 0 Å². The highest BCUT2D eigenvalue weighted by Gasteiger charge is 2.06. The summed E-state index contributed by atoms with van der Waals surface area (Å²) in [6, 6.07) is 6.09. The van der Waals surface area contributed by atoms with Crippen LogP contribution in [0.5, 0.6) is 5.75 Å². The van der Waals surface area contributed by atoms with E-state index in [1.165, 1.54) is 19.2 Å². The Morgan fingerprint density at radius 2 is 1.92 bits per heavy atom. The first-order valence-electron chi connectivity index (χ1n) is 3.67. The molecule has 0 saturated heterocycles. The standard InChI is InChI=1S/C8H12O4S/c1-12-7-2-4-8(5-3-7)13(10,11)6-9/h2-5,9,13H,6H2,1H3,(H,10,11). The average Bonchev–Trinajstić information content (AvgIpc) is 2.18. The lowest BCUT2D eigenvalue weighted by Crippen LogP contribution is -2.14. The van der Waals surface area contributed by atoms with Gasteiger partial charge in [-0.1, -0.05) is 0 Å². The highest BCUT2D eigenvalue weighted by Crippen LogP contribution is 2.18. The van der Waals surface area contributed by atoms with Gasteiger partial charge in [-0.2, -0.15) is 0 Å². The van der Waals surface area contributed by atoms with Crippen molar-refractivity contribution in [2.24, 2.45) is 0 Å². The van der Waals surface area contributed by atoms with Crippen LogP contribution in [-0.2, 0) is 10.2 Å². The Kier molecular flexibility index (Phi) is 3.02. The Bertz CT molecular complexity index is 319. The largest absolute Gasteiger partial charge is 0.497 e. The maximum atomic E-state index is 11.2. The van der Waals surface area contributed by atoms with Crippen molar-refractivity contribution in [3.63, 3.8) is 0 Å². The summed E-state index contributed by atoms with van der Waals surface area (Å²) in [5.74, 6) is -0.124. The van der Waals surface area contributed by atoms with E-state index in [0.29, 0.717) is 5.75 Å². The Morgan fingerprint density at radius 1 is 1.38 bits per heavy atom. The number of ether oxygens (including phenoxy) is 1. The number of aliphatic hydroxyl groups excluding tert-OH is 1. The van der Waals surface area contributed by atoms with Gasteiger partial charge in [0.05, 0.1) is 12.0 Å². The summed E-state index contributed by atoms with van der Waals surface area (Å²) >= 11 is 0. The van der Waals surface area contributed by atoms with Crippen LogP contribution in [0.15, 0.2) is 29.2 Å². The molecule has 0 atom stereocenters. The second kappa shape index (κ2) is 3.87. The fourth-order valence-electron chi connectivity index (χ4n) is 0.897. The van der Waals surface area contributed by atoms with Crippen LogP contribution < -0.4 is 4.74 Å². The molecule has 0 amide bonds. The summed E-state index contributed by atoms with van der Waals surface area (Å²) in [6.45, 7) is 0. The minimum atomic E-state index is -3.56. The zero-order valence-electron chi connectivity index (χ0n) is 7.17. The molecule has 0 fully saturated rings. The van der Waals surface area contributed by atoms with Gasteiger partial charge in [-0.05, 0) is 24.3 Å². The molecule has 4 nitrogen and oxygen atoms in total. The SMILES string of the molecule is COc1ccc([SH](=O)(O)CO)cc1. The minimum absolute atomic E-state index is 0.232. The van der Waals surface area contributed by atoms with Gasteiger partial charge in [-0.15, -0.1) is 10.2 Å². The van der Waals surface area contributed by atoms with E-state index in [-0.39, 0.29) is 4.90 Å². The van der Waals surface area contributed by atoms with Crippen LogP contribution >= 0.6 is 0 Å². The second-order valence-electron chi connectivity index (χ2n) is 2.54. The fourth-order valence-corrected chi connectivity index (χ4v) is 1.68. The quantitative estimate of drug-likeness (QED) is 0.627. The summed E-state index contributed by atoms with van der Waals surface area (Å²) in [4.78, 5) is 0.232. The van der Waals surface area contributed by atoms with Gasteiger partial charge in [-0.3, -0.25) is 4.55 Å². The highest BCUT2D eigenvalue weighted by atomic mass is 32.3. The van der Waals surface area contributed by atoms with E-state index in [9.17, 15) is 8.76 Å². The van der Waals surface area contributed by atoms with E-state index in [1.807, 2.05) is 0 Å². The minimum Gasteiger partial charge on any atom is -0.497 e. The Morgan fingerprint density at radius 3 is 2.31 bits per heavy atom. The third kappa shape index (κ3) is 2.27. The highest BCUT2D eigenvalue weighted by molar-refractivity contribution is 7.97. The van der Waals surface area contributed by atoms with Crippen molar-refractivity contribution in [3.05, 3.63) is 24.3 Å². The molecule has 0 aliphatic carbocycles. The molecular formula is C8H12O4S. The van der Waals surface area contributed by atoms with Crippen molar-refractivity contribution < 1.29 is 18.6 Å². The Hall–Kier alpha value is -0.910. The zero-order valence-corrected chi connectivity index (χ0v) is 8.07. The monoisotopic (exact) mass is 204 g/mol. The van der Waals surface area contributed by atoms with E-state index in [4.69, 9.17) is 9.84 Å². The number of thiol groups is 1. The van der Waals surface area contributed by atoms with Crippen molar-refractivity contribution in [2.75, 3.05) is 13.0 Å². The van der Waals surface area contributed by atoms with E-state index in [1.54, 1.807) is 12.1 Å². The van der Waals surface area contributed by atoms with Crippen molar-refractivity contribution in [1.82, 2.24) is 0 Å². The average molecular weight is 204 g/mol. The molecule has 5 heteroatoms. The van der Waals surface area contributed by atoms with Crippen LogP contribution in [-0.4, -0.2) is 26.9 Å². The van der Waals surface area contributed by atoms with Gasteiger partial charge in [0.25, 0.3) is 0 Å². The lowest BCUT2D eigenvalue weighted by molar-refractivity contribution is 0.346.